The highest BCUT2D eigenvalue weighted by Crippen LogP contribution is 2.21. The van der Waals surface area contributed by atoms with Gasteiger partial charge in [-0.3, -0.25) is 4.68 Å². The Morgan fingerprint density at radius 3 is 2.57 bits per heavy atom. The van der Waals surface area contributed by atoms with E-state index in [1.54, 1.807) is 19.1 Å². The highest BCUT2D eigenvalue weighted by atomic mass is 16.5. The van der Waals surface area contributed by atoms with Gasteiger partial charge in [0.25, 0.3) is 0 Å². The van der Waals surface area contributed by atoms with Crippen LogP contribution in [0.25, 0.3) is 0 Å². The van der Waals surface area contributed by atoms with Crippen molar-refractivity contribution >= 4 is 11.7 Å². The van der Waals surface area contributed by atoms with Gasteiger partial charge in [0.15, 0.2) is 0 Å². The summed E-state index contributed by atoms with van der Waals surface area (Å²) in [5.74, 6) is -0.291. The van der Waals surface area contributed by atoms with Crippen molar-refractivity contribution in [3.63, 3.8) is 0 Å². The lowest BCUT2D eigenvalue weighted by molar-refractivity contribution is 0.0526. The van der Waals surface area contributed by atoms with Gasteiger partial charge in [-0.15, -0.1) is 0 Å². The van der Waals surface area contributed by atoms with Crippen LogP contribution in [-0.2, 0) is 11.8 Å². The summed E-state index contributed by atoms with van der Waals surface area (Å²) in [7, 11) is 1.91. The zero-order chi connectivity index (χ0) is 15.4. The van der Waals surface area contributed by atoms with Crippen molar-refractivity contribution in [1.82, 2.24) is 9.78 Å². The van der Waals surface area contributed by atoms with Crippen molar-refractivity contribution in [3.05, 3.63) is 47.3 Å². The van der Waals surface area contributed by atoms with Crippen molar-refractivity contribution in [2.24, 2.45) is 7.05 Å². The molecule has 0 fully saturated rings. The van der Waals surface area contributed by atoms with Crippen LogP contribution in [0.4, 0.5) is 5.69 Å². The lowest BCUT2D eigenvalue weighted by Gasteiger charge is -2.15. The maximum atomic E-state index is 11.6. The van der Waals surface area contributed by atoms with E-state index in [0.29, 0.717) is 12.2 Å². The lowest BCUT2D eigenvalue weighted by atomic mass is 10.1. The van der Waals surface area contributed by atoms with Crippen LogP contribution in [0.3, 0.4) is 0 Å². The van der Waals surface area contributed by atoms with E-state index in [4.69, 9.17) is 4.74 Å². The van der Waals surface area contributed by atoms with Crippen molar-refractivity contribution in [3.8, 4) is 0 Å². The van der Waals surface area contributed by atoms with Gasteiger partial charge in [0, 0.05) is 24.5 Å². The first-order chi connectivity index (χ1) is 10.0. The molecule has 5 nitrogen and oxygen atoms in total. The van der Waals surface area contributed by atoms with E-state index in [9.17, 15) is 4.79 Å². The van der Waals surface area contributed by atoms with Crippen LogP contribution in [-0.4, -0.2) is 22.4 Å². The fraction of sp³-hybridized carbons (Fsp3) is 0.375. The second kappa shape index (κ2) is 6.43. The van der Waals surface area contributed by atoms with Gasteiger partial charge < -0.3 is 10.1 Å². The van der Waals surface area contributed by atoms with Crippen LogP contribution < -0.4 is 5.32 Å². The summed E-state index contributed by atoms with van der Waals surface area (Å²) < 4.78 is 6.78. The number of anilines is 1. The SMILES string of the molecule is CCOC(=O)c1ccc(NC(C)c2cn(C)nc2C)cc1. The number of esters is 1. The quantitative estimate of drug-likeness (QED) is 0.859. The van der Waals surface area contributed by atoms with Crippen LogP contribution in [0.1, 0.15) is 41.5 Å². The molecule has 112 valence electrons. The number of rotatable bonds is 5. The fourth-order valence-corrected chi connectivity index (χ4v) is 2.29. The summed E-state index contributed by atoms with van der Waals surface area (Å²) in [6.45, 7) is 6.27. The minimum Gasteiger partial charge on any atom is -0.462 e. The molecule has 2 aromatic rings. The van der Waals surface area contributed by atoms with Gasteiger partial charge in [0.05, 0.1) is 23.9 Å². The first kappa shape index (κ1) is 15.1. The number of ether oxygens (including phenoxy) is 1. The van der Waals surface area contributed by atoms with Crippen molar-refractivity contribution in [2.45, 2.75) is 26.8 Å². The van der Waals surface area contributed by atoms with Crippen LogP contribution in [0.5, 0.6) is 0 Å². The van der Waals surface area contributed by atoms with Crippen LogP contribution >= 0.6 is 0 Å². The topological polar surface area (TPSA) is 56.1 Å². The number of carbonyl (C=O) groups excluding carboxylic acids is 1. The minimum atomic E-state index is -0.291. The number of nitrogens with one attached hydrogen (secondary N) is 1. The predicted molar refractivity (Wildman–Crippen MR) is 82.4 cm³/mol. The smallest absolute Gasteiger partial charge is 0.338 e. The Hall–Kier alpha value is -2.30. The lowest BCUT2D eigenvalue weighted by Crippen LogP contribution is -2.08. The Labute approximate surface area is 124 Å². The number of hydrogen-bond acceptors (Lipinski definition) is 4. The van der Waals surface area contributed by atoms with Crippen LogP contribution in [0, 0.1) is 6.92 Å². The van der Waals surface area contributed by atoms with Gasteiger partial charge in [-0.1, -0.05) is 0 Å². The summed E-state index contributed by atoms with van der Waals surface area (Å²) >= 11 is 0. The third kappa shape index (κ3) is 3.62. The molecule has 0 saturated carbocycles. The van der Waals surface area contributed by atoms with Gasteiger partial charge in [-0.25, -0.2) is 4.79 Å². The van der Waals surface area contributed by atoms with Crippen LogP contribution in [0.2, 0.25) is 0 Å². The van der Waals surface area contributed by atoms with Gasteiger partial charge >= 0.3 is 5.97 Å². The van der Waals surface area contributed by atoms with E-state index in [-0.39, 0.29) is 12.0 Å². The van der Waals surface area contributed by atoms with Crippen molar-refractivity contribution in [1.29, 1.82) is 0 Å². The van der Waals surface area contributed by atoms with E-state index in [2.05, 4.69) is 17.3 Å². The zero-order valence-electron chi connectivity index (χ0n) is 12.9. The normalized spacial score (nSPS) is 12.0. The molecule has 0 aliphatic heterocycles. The van der Waals surface area contributed by atoms with Gasteiger partial charge in [0.1, 0.15) is 0 Å². The minimum absolute atomic E-state index is 0.146. The molecule has 1 aromatic heterocycles. The molecule has 0 amide bonds. The third-order valence-corrected chi connectivity index (χ3v) is 3.30. The molecule has 0 radical (unpaired) electrons. The summed E-state index contributed by atoms with van der Waals surface area (Å²) in [5, 5.41) is 7.75. The molecule has 1 N–H and O–H groups in total. The maximum absolute atomic E-state index is 11.6. The summed E-state index contributed by atoms with van der Waals surface area (Å²) in [6, 6.07) is 7.45. The second-order valence-corrected chi connectivity index (χ2v) is 5.01. The summed E-state index contributed by atoms with van der Waals surface area (Å²) in [6.07, 6.45) is 2.01. The summed E-state index contributed by atoms with van der Waals surface area (Å²) in [4.78, 5) is 11.6. The number of aromatic nitrogens is 2. The number of aryl methyl sites for hydroxylation is 2. The molecule has 1 atom stereocenters. The van der Waals surface area contributed by atoms with Crippen LogP contribution in [0.15, 0.2) is 30.5 Å². The Morgan fingerprint density at radius 1 is 1.38 bits per heavy atom. The van der Waals surface area contributed by atoms with E-state index in [1.165, 1.54) is 0 Å². The van der Waals surface area contributed by atoms with Gasteiger partial charge in [0.2, 0.25) is 0 Å². The molecule has 0 bridgehead atoms. The molecule has 0 saturated heterocycles. The number of hydrogen-bond donors (Lipinski definition) is 1. The van der Waals surface area contributed by atoms with E-state index in [1.807, 2.05) is 37.0 Å². The Morgan fingerprint density at radius 2 is 2.05 bits per heavy atom. The van der Waals surface area contributed by atoms with Gasteiger partial charge in [-0.2, -0.15) is 5.10 Å². The molecular formula is C16H21N3O2. The standard InChI is InChI=1S/C16H21N3O2/c1-5-21-16(20)13-6-8-14(9-7-13)17-11(2)15-10-19(4)18-12(15)3/h6-11,17H,5H2,1-4H3. The highest BCUT2D eigenvalue weighted by molar-refractivity contribution is 5.89. The Bertz CT molecular complexity index is 617. The first-order valence-electron chi connectivity index (χ1n) is 7.05. The molecule has 0 spiro atoms. The number of benzene rings is 1. The largest absolute Gasteiger partial charge is 0.462 e. The Balaban J connectivity index is 2.06. The first-order valence-corrected chi connectivity index (χ1v) is 7.05. The predicted octanol–water partition coefficient (Wildman–Crippen LogP) is 3.08. The number of carbonyl (C=O) groups is 1. The molecule has 1 aromatic carbocycles. The fourth-order valence-electron chi connectivity index (χ4n) is 2.29. The molecule has 21 heavy (non-hydrogen) atoms. The molecular weight excluding hydrogens is 266 g/mol. The molecule has 0 aliphatic carbocycles. The highest BCUT2D eigenvalue weighted by Gasteiger charge is 2.12. The van der Waals surface area contributed by atoms with E-state index >= 15 is 0 Å². The average molecular weight is 287 g/mol. The molecule has 0 aliphatic rings. The van der Waals surface area contributed by atoms with Crippen molar-refractivity contribution < 1.29 is 9.53 Å². The van der Waals surface area contributed by atoms with E-state index in [0.717, 1.165) is 16.9 Å². The Kier molecular flexibility index (Phi) is 4.62. The maximum Gasteiger partial charge on any atom is 0.338 e. The third-order valence-electron chi connectivity index (χ3n) is 3.30. The van der Waals surface area contributed by atoms with Gasteiger partial charge in [-0.05, 0) is 45.0 Å². The average Bonchev–Trinajstić information content (AvgIpc) is 2.79. The molecule has 5 heteroatoms. The number of nitrogens with zero attached hydrogens (tertiary/aromatic N) is 2. The second-order valence-electron chi connectivity index (χ2n) is 5.01. The van der Waals surface area contributed by atoms with Crippen molar-refractivity contribution in [2.75, 3.05) is 11.9 Å². The summed E-state index contributed by atoms with van der Waals surface area (Å²) in [5.41, 5.74) is 3.69. The molecule has 1 unspecified atom stereocenters. The monoisotopic (exact) mass is 287 g/mol. The molecule has 2 rings (SSSR count). The zero-order valence-corrected chi connectivity index (χ0v) is 12.9. The molecule has 1 heterocycles. The van der Waals surface area contributed by atoms with E-state index < -0.39 is 0 Å².